The van der Waals surface area contributed by atoms with Gasteiger partial charge in [0.05, 0.1) is 31.6 Å². The fraction of sp³-hybridized carbons (Fsp3) is 0.294. The molecule has 122 valence electrons. The molecule has 6 nitrogen and oxygen atoms in total. The largest absolute Gasteiger partial charge is 0.472 e. The van der Waals surface area contributed by atoms with Crippen molar-refractivity contribution >= 4 is 12.0 Å². The van der Waals surface area contributed by atoms with Crippen molar-refractivity contribution in [1.82, 2.24) is 10.6 Å². The molecule has 1 heterocycles. The first-order valence-corrected chi connectivity index (χ1v) is 7.45. The number of carbonyl (C=O) groups excluding carboxylic acids is 2. The Kier molecular flexibility index (Phi) is 6.23. The van der Waals surface area contributed by atoms with Crippen molar-refractivity contribution < 1.29 is 18.7 Å². The molecule has 0 aliphatic heterocycles. The van der Waals surface area contributed by atoms with Crippen LogP contribution < -0.4 is 10.6 Å². The highest BCUT2D eigenvalue weighted by Crippen LogP contribution is 2.17. The molecule has 23 heavy (non-hydrogen) atoms. The average molecular weight is 316 g/mol. The van der Waals surface area contributed by atoms with Gasteiger partial charge in [-0.05, 0) is 18.6 Å². The van der Waals surface area contributed by atoms with Gasteiger partial charge in [-0.25, -0.2) is 4.79 Å². The van der Waals surface area contributed by atoms with Gasteiger partial charge in [-0.2, -0.15) is 0 Å². The molecule has 1 aromatic carbocycles. The van der Waals surface area contributed by atoms with Crippen LogP contribution in [-0.2, 0) is 16.1 Å². The van der Waals surface area contributed by atoms with Crippen LogP contribution in [0.15, 0.2) is 53.3 Å². The lowest BCUT2D eigenvalue weighted by atomic mass is 10.0. The maximum atomic E-state index is 12.1. The Labute approximate surface area is 134 Å². The zero-order valence-corrected chi connectivity index (χ0v) is 13.0. The Morgan fingerprint density at radius 2 is 2.00 bits per heavy atom. The highest BCUT2D eigenvalue weighted by molar-refractivity contribution is 5.76. The lowest BCUT2D eigenvalue weighted by Gasteiger charge is -2.18. The van der Waals surface area contributed by atoms with Crippen LogP contribution in [0.4, 0.5) is 4.79 Å². The second-order valence-corrected chi connectivity index (χ2v) is 4.93. The average Bonchev–Trinajstić information content (AvgIpc) is 3.07. The summed E-state index contributed by atoms with van der Waals surface area (Å²) in [5, 5.41) is 5.53. The number of hydrogen-bond acceptors (Lipinski definition) is 4. The van der Waals surface area contributed by atoms with Crippen molar-refractivity contribution in [1.29, 1.82) is 0 Å². The van der Waals surface area contributed by atoms with E-state index in [2.05, 4.69) is 10.6 Å². The summed E-state index contributed by atoms with van der Waals surface area (Å²) in [6, 6.07) is 10.3. The molecule has 2 N–H and O–H groups in total. The van der Waals surface area contributed by atoms with Gasteiger partial charge >= 0.3 is 12.0 Å². The van der Waals surface area contributed by atoms with E-state index in [1.54, 1.807) is 25.5 Å². The van der Waals surface area contributed by atoms with Crippen molar-refractivity contribution in [2.24, 2.45) is 0 Å². The second kappa shape index (κ2) is 8.63. The summed E-state index contributed by atoms with van der Waals surface area (Å²) in [5.74, 6) is -0.350. The van der Waals surface area contributed by atoms with Crippen LogP contribution in [0.3, 0.4) is 0 Å². The third-order valence-electron chi connectivity index (χ3n) is 3.22. The third-order valence-corrected chi connectivity index (χ3v) is 3.22. The van der Waals surface area contributed by atoms with Crippen molar-refractivity contribution in [3.05, 3.63) is 60.1 Å². The molecule has 2 amide bonds. The van der Waals surface area contributed by atoms with Crippen LogP contribution in [0.25, 0.3) is 0 Å². The first-order chi connectivity index (χ1) is 11.2. The van der Waals surface area contributed by atoms with Crippen molar-refractivity contribution in [3.63, 3.8) is 0 Å². The fourth-order valence-corrected chi connectivity index (χ4v) is 2.11. The standard InChI is InChI=1S/C17H20N2O4/c1-2-23-16(20)10-15(14-6-4-3-5-7-14)19-17(21)18-11-13-8-9-22-12-13/h3-9,12,15H,2,10-11H2,1H3,(H2,18,19,21)/t15-/m1/s1. The lowest BCUT2D eigenvalue weighted by Crippen LogP contribution is -2.38. The van der Waals surface area contributed by atoms with E-state index in [1.807, 2.05) is 30.3 Å². The van der Waals surface area contributed by atoms with Crippen LogP contribution in [-0.4, -0.2) is 18.6 Å². The van der Waals surface area contributed by atoms with Crippen LogP contribution in [0.2, 0.25) is 0 Å². The summed E-state index contributed by atoms with van der Waals surface area (Å²) in [4.78, 5) is 23.8. The normalized spacial score (nSPS) is 11.5. The Bertz CT molecular complexity index is 611. The smallest absolute Gasteiger partial charge is 0.315 e. The van der Waals surface area contributed by atoms with Crippen LogP contribution in [0.1, 0.15) is 30.5 Å². The zero-order chi connectivity index (χ0) is 16.5. The summed E-state index contributed by atoms with van der Waals surface area (Å²) < 4.78 is 9.92. The van der Waals surface area contributed by atoms with Gasteiger partial charge in [-0.15, -0.1) is 0 Å². The van der Waals surface area contributed by atoms with Crippen LogP contribution >= 0.6 is 0 Å². The van der Waals surface area contributed by atoms with Gasteiger partial charge in [0.2, 0.25) is 0 Å². The predicted octanol–water partition coefficient (Wildman–Crippen LogP) is 2.77. The number of rotatable bonds is 7. The summed E-state index contributed by atoms with van der Waals surface area (Å²) >= 11 is 0. The minimum atomic E-state index is -0.445. The Morgan fingerprint density at radius 1 is 1.22 bits per heavy atom. The summed E-state index contributed by atoms with van der Waals surface area (Å²) in [6.45, 7) is 2.41. The highest BCUT2D eigenvalue weighted by Gasteiger charge is 2.19. The number of amides is 2. The van der Waals surface area contributed by atoms with Gasteiger partial charge in [-0.3, -0.25) is 4.79 Å². The first kappa shape index (κ1) is 16.6. The SMILES string of the molecule is CCOC(=O)C[C@@H](NC(=O)NCc1ccoc1)c1ccccc1. The van der Waals surface area contributed by atoms with E-state index in [-0.39, 0.29) is 18.4 Å². The molecule has 1 atom stereocenters. The molecular formula is C17H20N2O4. The molecular weight excluding hydrogens is 296 g/mol. The maximum absolute atomic E-state index is 12.1. The molecule has 0 fully saturated rings. The number of benzene rings is 1. The Morgan fingerprint density at radius 3 is 2.65 bits per heavy atom. The lowest BCUT2D eigenvalue weighted by molar-refractivity contribution is -0.143. The van der Waals surface area contributed by atoms with Gasteiger partial charge in [0, 0.05) is 12.1 Å². The third kappa shape index (κ3) is 5.50. The zero-order valence-electron chi connectivity index (χ0n) is 13.0. The summed E-state index contributed by atoms with van der Waals surface area (Å²) in [5.41, 5.74) is 1.71. The minimum absolute atomic E-state index is 0.0803. The molecule has 0 saturated heterocycles. The van der Waals surface area contributed by atoms with E-state index in [0.29, 0.717) is 13.2 Å². The van der Waals surface area contributed by atoms with Crippen molar-refractivity contribution in [3.8, 4) is 0 Å². The number of carbonyl (C=O) groups is 2. The quantitative estimate of drug-likeness (QED) is 0.770. The maximum Gasteiger partial charge on any atom is 0.315 e. The molecule has 6 heteroatoms. The second-order valence-electron chi connectivity index (χ2n) is 4.93. The van der Waals surface area contributed by atoms with Crippen LogP contribution in [0.5, 0.6) is 0 Å². The Hall–Kier alpha value is -2.76. The Balaban J connectivity index is 1.96. The molecule has 0 unspecified atom stereocenters. The van der Waals surface area contributed by atoms with Gasteiger partial charge in [0.15, 0.2) is 0 Å². The number of ether oxygens (including phenoxy) is 1. The minimum Gasteiger partial charge on any atom is -0.472 e. The van der Waals surface area contributed by atoms with E-state index in [9.17, 15) is 9.59 Å². The molecule has 2 aromatic rings. The van der Waals surface area contributed by atoms with Crippen molar-refractivity contribution in [2.75, 3.05) is 6.61 Å². The monoisotopic (exact) mass is 316 g/mol. The molecule has 0 radical (unpaired) electrons. The number of esters is 1. The van der Waals surface area contributed by atoms with E-state index in [0.717, 1.165) is 11.1 Å². The van der Waals surface area contributed by atoms with Gasteiger partial charge in [0.1, 0.15) is 0 Å². The van der Waals surface area contributed by atoms with Gasteiger partial charge < -0.3 is 19.8 Å². The summed E-state index contributed by atoms with van der Waals surface area (Å²) in [7, 11) is 0. The summed E-state index contributed by atoms with van der Waals surface area (Å²) in [6.07, 6.45) is 3.19. The number of furan rings is 1. The molecule has 0 spiro atoms. The van der Waals surface area contributed by atoms with E-state index >= 15 is 0 Å². The van der Waals surface area contributed by atoms with Gasteiger partial charge in [0.25, 0.3) is 0 Å². The van der Waals surface area contributed by atoms with E-state index in [1.165, 1.54) is 0 Å². The van der Waals surface area contributed by atoms with E-state index < -0.39 is 6.04 Å². The fourth-order valence-electron chi connectivity index (χ4n) is 2.11. The molecule has 1 aromatic heterocycles. The molecule has 0 bridgehead atoms. The van der Waals surface area contributed by atoms with E-state index in [4.69, 9.17) is 9.15 Å². The number of urea groups is 1. The highest BCUT2D eigenvalue weighted by atomic mass is 16.5. The first-order valence-electron chi connectivity index (χ1n) is 7.45. The molecule has 0 saturated carbocycles. The molecule has 0 aliphatic carbocycles. The van der Waals surface area contributed by atoms with Crippen LogP contribution in [0, 0.1) is 0 Å². The predicted molar refractivity (Wildman–Crippen MR) is 84.5 cm³/mol. The molecule has 0 aliphatic rings. The molecule has 2 rings (SSSR count). The number of hydrogen-bond donors (Lipinski definition) is 2. The van der Waals surface area contributed by atoms with Gasteiger partial charge in [-0.1, -0.05) is 30.3 Å². The number of nitrogens with one attached hydrogen (secondary N) is 2. The van der Waals surface area contributed by atoms with Crippen molar-refractivity contribution in [2.45, 2.75) is 25.9 Å². The topological polar surface area (TPSA) is 80.6 Å².